The molecule has 0 unspecified atom stereocenters. The highest BCUT2D eigenvalue weighted by Crippen LogP contribution is 1.98. The Bertz CT molecular complexity index is 314. The number of hydrogen-bond acceptors (Lipinski definition) is 5. The van der Waals surface area contributed by atoms with E-state index in [1.54, 1.807) is 0 Å². The fraction of sp³-hybridized carbons (Fsp3) is 0.727. The number of amides is 3. The number of nitrogens with one attached hydrogen (secondary N) is 3. The van der Waals surface area contributed by atoms with Gasteiger partial charge in [0.25, 0.3) is 0 Å². The molecule has 0 heterocycles. The van der Waals surface area contributed by atoms with E-state index < -0.39 is 6.04 Å². The third-order valence-electron chi connectivity index (χ3n) is 2.20. The summed E-state index contributed by atoms with van der Waals surface area (Å²) in [6.07, 6.45) is 0.434. The van der Waals surface area contributed by atoms with E-state index in [4.69, 9.17) is 0 Å². The molecule has 0 aliphatic heterocycles. The van der Waals surface area contributed by atoms with Crippen LogP contribution >= 0.6 is 25.3 Å². The molecule has 110 valence electrons. The molecule has 8 heteroatoms. The maximum atomic E-state index is 11.8. The molecule has 0 saturated heterocycles. The van der Waals surface area contributed by atoms with Crippen LogP contribution < -0.4 is 16.0 Å². The summed E-state index contributed by atoms with van der Waals surface area (Å²) in [6, 6.07) is -0.695. The number of rotatable bonds is 9. The van der Waals surface area contributed by atoms with Gasteiger partial charge < -0.3 is 16.0 Å². The lowest BCUT2D eigenvalue weighted by molar-refractivity contribution is -0.128. The van der Waals surface area contributed by atoms with Crippen LogP contribution in [0.2, 0.25) is 0 Å². The van der Waals surface area contributed by atoms with E-state index in [0.717, 1.165) is 0 Å². The molecule has 0 fully saturated rings. The monoisotopic (exact) mass is 307 g/mol. The van der Waals surface area contributed by atoms with E-state index in [-0.39, 0.29) is 30.6 Å². The van der Waals surface area contributed by atoms with Crippen LogP contribution in [0.25, 0.3) is 0 Å². The van der Waals surface area contributed by atoms with Crippen LogP contribution in [0.15, 0.2) is 0 Å². The van der Waals surface area contributed by atoms with Gasteiger partial charge in [-0.2, -0.15) is 25.3 Å². The Hall–Kier alpha value is -0.890. The molecule has 0 aromatic rings. The van der Waals surface area contributed by atoms with Gasteiger partial charge in [-0.05, 0) is 6.42 Å². The molecular formula is C11H21N3O3S2. The Morgan fingerprint density at radius 3 is 2.16 bits per heavy atom. The zero-order valence-corrected chi connectivity index (χ0v) is 12.7. The maximum Gasteiger partial charge on any atom is 0.242 e. The van der Waals surface area contributed by atoms with Crippen LogP contribution in [-0.4, -0.2) is 48.4 Å². The molecule has 0 radical (unpaired) electrons. The highest BCUT2D eigenvalue weighted by atomic mass is 32.1. The molecule has 1 atom stereocenters. The van der Waals surface area contributed by atoms with Gasteiger partial charge in [0.05, 0.1) is 0 Å². The topological polar surface area (TPSA) is 87.3 Å². The summed E-state index contributed by atoms with van der Waals surface area (Å²) in [5.74, 6) is 0.309. The first kappa shape index (κ1) is 18.1. The standard InChI is InChI=1S/C11H21N3O3S2/c1-8(15)14-9(11(17)13-5-7-19)2-3-10(16)12-4-6-18/h9,18-19H,2-7H2,1H3,(H,12,16)(H,13,17)(H,14,15)/t9-/m0/s1. The third kappa shape index (κ3) is 9.66. The van der Waals surface area contributed by atoms with Crippen molar-refractivity contribution in [2.24, 2.45) is 0 Å². The second kappa shape index (κ2) is 11.0. The summed E-state index contributed by atoms with van der Waals surface area (Å²) in [5.41, 5.74) is 0. The predicted molar refractivity (Wildman–Crippen MR) is 80.6 cm³/mol. The lowest BCUT2D eigenvalue weighted by Gasteiger charge is -2.17. The number of carbonyl (C=O) groups is 3. The second-order valence-corrected chi connectivity index (χ2v) is 4.77. The molecule has 6 nitrogen and oxygen atoms in total. The van der Waals surface area contributed by atoms with Gasteiger partial charge in [0.2, 0.25) is 17.7 Å². The van der Waals surface area contributed by atoms with Crippen molar-refractivity contribution in [1.29, 1.82) is 0 Å². The summed E-state index contributed by atoms with van der Waals surface area (Å²) in [7, 11) is 0. The van der Waals surface area contributed by atoms with E-state index in [2.05, 4.69) is 41.2 Å². The molecular weight excluding hydrogens is 286 g/mol. The Morgan fingerprint density at radius 1 is 1.05 bits per heavy atom. The Balaban J connectivity index is 4.22. The van der Waals surface area contributed by atoms with Crippen LogP contribution in [0.1, 0.15) is 19.8 Å². The fourth-order valence-electron chi connectivity index (χ4n) is 1.38. The van der Waals surface area contributed by atoms with Gasteiger partial charge in [-0.1, -0.05) is 0 Å². The lowest BCUT2D eigenvalue weighted by Crippen LogP contribution is -2.47. The molecule has 0 rings (SSSR count). The molecule has 0 aromatic carbocycles. The fourth-order valence-corrected chi connectivity index (χ4v) is 1.60. The minimum Gasteiger partial charge on any atom is -0.355 e. The van der Waals surface area contributed by atoms with Gasteiger partial charge in [0.15, 0.2) is 0 Å². The highest BCUT2D eigenvalue weighted by molar-refractivity contribution is 7.80. The molecule has 0 aliphatic rings. The summed E-state index contributed by atoms with van der Waals surface area (Å²) in [5, 5.41) is 7.81. The maximum absolute atomic E-state index is 11.8. The molecule has 3 amide bonds. The van der Waals surface area contributed by atoms with Gasteiger partial charge in [-0.15, -0.1) is 0 Å². The Labute approximate surface area is 124 Å². The summed E-state index contributed by atoms with van der Waals surface area (Å²) >= 11 is 7.96. The molecule has 0 spiro atoms. The normalized spacial score (nSPS) is 11.5. The second-order valence-electron chi connectivity index (χ2n) is 3.88. The summed E-state index contributed by atoms with van der Waals surface area (Å²) in [4.78, 5) is 34.2. The van der Waals surface area contributed by atoms with Crippen LogP contribution in [0.3, 0.4) is 0 Å². The molecule has 0 saturated carbocycles. The average molecular weight is 307 g/mol. The smallest absolute Gasteiger partial charge is 0.242 e. The molecule has 0 aromatic heterocycles. The van der Waals surface area contributed by atoms with E-state index in [1.165, 1.54) is 6.92 Å². The minimum absolute atomic E-state index is 0.161. The van der Waals surface area contributed by atoms with Crippen molar-refractivity contribution < 1.29 is 14.4 Å². The van der Waals surface area contributed by atoms with Crippen molar-refractivity contribution in [3.05, 3.63) is 0 Å². The molecule has 3 N–H and O–H groups in total. The lowest BCUT2D eigenvalue weighted by atomic mass is 10.1. The zero-order chi connectivity index (χ0) is 14.7. The van der Waals surface area contributed by atoms with E-state index in [0.29, 0.717) is 24.6 Å². The van der Waals surface area contributed by atoms with Crippen molar-refractivity contribution in [3.8, 4) is 0 Å². The van der Waals surface area contributed by atoms with Gasteiger partial charge in [-0.3, -0.25) is 14.4 Å². The highest BCUT2D eigenvalue weighted by Gasteiger charge is 2.19. The molecule has 19 heavy (non-hydrogen) atoms. The van der Waals surface area contributed by atoms with Crippen LogP contribution in [0.5, 0.6) is 0 Å². The SMILES string of the molecule is CC(=O)N[C@@H](CCC(=O)NCCS)C(=O)NCCS. The van der Waals surface area contributed by atoms with Crippen molar-refractivity contribution in [2.45, 2.75) is 25.8 Å². The average Bonchev–Trinajstić information content (AvgIpc) is 2.37. The van der Waals surface area contributed by atoms with Crippen molar-refractivity contribution in [1.82, 2.24) is 16.0 Å². The first-order valence-corrected chi connectivity index (χ1v) is 7.31. The number of thiol groups is 2. The Kier molecular flexibility index (Phi) is 10.5. The minimum atomic E-state index is -0.695. The van der Waals surface area contributed by atoms with Crippen LogP contribution in [-0.2, 0) is 14.4 Å². The molecule has 0 bridgehead atoms. The summed E-state index contributed by atoms with van der Waals surface area (Å²) in [6.45, 7) is 2.24. The first-order chi connectivity index (χ1) is 9.01. The largest absolute Gasteiger partial charge is 0.355 e. The van der Waals surface area contributed by atoms with Gasteiger partial charge >= 0.3 is 0 Å². The number of carbonyl (C=O) groups excluding carboxylic acids is 3. The van der Waals surface area contributed by atoms with Gasteiger partial charge in [-0.25, -0.2) is 0 Å². The van der Waals surface area contributed by atoms with Crippen molar-refractivity contribution in [2.75, 3.05) is 24.6 Å². The predicted octanol–water partition coefficient (Wildman–Crippen LogP) is -0.637. The van der Waals surface area contributed by atoms with Gasteiger partial charge in [0.1, 0.15) is 6.04 Å². The molecule has 0 aliphatic carbocycles. The van der Waals surface area contributed by atoms with E-state index in [9.17, 15) is 14.4 Å². The van der Waals surface area contributed by atoms with E-state index in [1.807, 2.05) is 0 Å². The van der Waals surface area contributed by atoms with Crippen molar-refractivity contribution in [3.63, 3.8) is 0 Å². The zero-order valence-electron chi connectivity index (χ0n) is 10.9. The Morgan fingerprint density at radius 2 is 1.63 bits per heavy atom. The van der Waals surface area contributed by atoms with Crippen LogP contribution in [0, 0.1) is 0 Å². The van der Waals surface area contributed by atoms with Crippen molar-refractivity contribution >= 4 is 43.0 Å². The van der Waals surface area contributed by atoms with Crippen LogP contribution in [0.4, 0.5) is 0 Å². The third-order valence-corrected chi connectivity index (χ3v) is 2.65. The van der Waals surface area contributed by atoms with Gasteiger partial charge in [0, 0.05) is 37.9 Å². The quantitative estimate of drug-likeness (QED) is 0.367. The summed E-state index contributed by atoms with van der Waals surface area (Å²) < 4.78 is 0. The first-order valence-electron chi connectivity index (χ1n) is 6.04. The number of hydrogen-bond donors (Lipinski definition) is 5. The van der Waals surface area contributed by atoms with E-state index >= 15 is 0 Å².